The standard InChI is InChI=1S/2C18H15P.Cu.2NO3/c2*1-4-10-16(11-5-1)19(17-12-6-2-7-13-17)18-14-8-3-9-15-18;;2*2-1(3)4/h2*1-15H;;;/q;;+2;2*-1. The Bertz CT molecular complexity index is 1380. The molecule has 8 nitrogen and oxygen atoms in total. The molecule has 6 aromatic carbocycles. The van der Waals surface area contributed by atoms with Gasteiger partial charge in [-0.3, -0.25) is 0 Å². The Balaban J connectivity index is 0.000000262. The number of benzene rings is 6. The van der Waals surface area contributed by atoms with Crippen LogP contribution in [0.3, 0.4) is 0 Å². The molecule has 47 heavy (non-hydrogen) atoms. The largest absolute Gasteiger partial charge is 2.00 e. The molecule has 0 amide bonds. The second kappa shape index (κ2) is 21.8. The van der Waals surface area contributed by atoms with E-state index in [1.54, 1.807) is 0 Å². The molecule has 6 aromatic rings. The van der Waals surface area contributed by atoms with Gasteiger partial charge in [-0.25, -0.2) is 0 Å². The summed E-state index contributed by atoms with van der Waals surface area (Å²) in [6, 6.07) is 64.7. The summed E-state index contributed by atoms with van der Waals surface area (Å²) < 4.78 is 0. The SMILES string of the molecule is O=[N+]([O-])[O-].O=[N+]([O-])[O-].[Cu+2].c1ccc(P(c2ccccc2)c2ccccc2)cc1.c1ccc(P(c2ccccc2)c2ccccc2)cc1. The Labute approximate surface area is 286 Å². The fourth-order valence-corrected chi connectivity index (χ4v) is 8.97. The first kappa shape index (κ1) is 38.3. The zero-order chi connectivity index (χ0) is 33.0. The predicted molar refractivity (Wildman–Crippen MR) is 191 cm³/mol. The van der Waals surface area contributed by atoms with E-state index in [9.17, 15) is 0 Å². The summed E-state index contributed by atoms with van der Waals surface area (Å²) in [5.74, 6) is 0. The zero-order valence-corrected chi connectivity index (χ0v) is 27.6. The van der Waals surface area contributed by atoms with Crippen LogP contribution in [0.15, 0.2) is 182 Å². The monoisotopic (exact) mass is 711 g/mol. The minimum atomic E-state index is -1.75. The van der Waals surface area contributed by atoms with Gasteiger partial charge in [0.2, 0.25) is 0 Å². The van der Waals surface area contributed by atoms with Crippen LogP contribution in [0.25, 0.3) is 0 Å². The third-order valence-electron chi connectivity index (χ3n) is 6.09. The van der Waals surface area contributed by atoms with Gasteiger partial charge in [0.15, 0.2) is 0 Å². The van der Waals surface area contributed by atoms with E-state index in [-0.39, 0.29) is 17.1 Å². The van der Waals surface area contributed by atoms with Crippen molar-refractivity contribution in [1.29, 1.82) is 0 Å². The van der Waals surface area contributed by atoms with Crippen molar-refractivity contribution in [2.45, 2.75) is 0 Å². The summed E-state index contributed by atoms with van der Waals surface area (Å²) in [6.07, 6.45) is 0. The van der Waals surface area contributed by atoms with Crippen molar-refractivity contribution < 1.29 is 27.2 Å². The number of hydrogen-bond acceptors (Lipinski definition) is 6. The Morgan fingerprint density at radius 2 is 0.404 bits per heavy atom. The summed E-state index contributed by atoms with van der Waals surface area (Å²) >= 11 is 0. The summed E-state index contributed by atoms with van der Waals surface area (Å²) in [5, 5.41) is 37.9. The smallest absolute Gasteiger partial charge is 0.356 e. The molecule has 0 atom stereocenters. The van der Waals surface area contributed by atoms with E-state index in [0.717, 1.165) is 0 Å². The van der Waals surface area contributed by atoms with Crippen molar-refractivity contribution >= 4 is 47.7 Å². The van der Waals surface area contributed by atoms with Crippen LogP contribution < -0.4 is 31.8 Å². The van der Waals surface area contributed by atoms with Crippen LogP contribution in [-0.4, -0.2) is 10.2 Å². The van der Waals surface area contributed by atoms with Crippen LogP contribution in [0, 0.1) is 30.6 Å². The minimum absolute atomic E-state index is 0. The Morgan fingerprint density at radius 1 is 0.298 bits per heavy atom. The molecule has 0 spiro atoms. The van der Waals surface area contributed by atoms with E-state index < -0.39 is 26.0 Å². The van der Waals surface area contributed by atoms with Crippen LogP contribution in [0.1, 0.15) is 0 Å². The van der Waals surface area contributed by atoms with Gasteiger partial charge in [0.05, 0.1) is 10.2 Å². The summed E-state index contributed by atoms with van der Waals surface area (Å²) in [4.78, 5) is 16.5. The number of hydrogen-bond donors (Lipinski definition) is 0. The fourth-order valence-electron chi connectivity index (χ4n) is 4.36. The van der Waals surface area contributed by atoms with Crippen molar-refractivity contribution in [3.05, 3.63) is 213 Å². The molecular formula is C36H30CuN2O6P2. The summed E-state index contributed by atoms with van der Waals surface area (Å²) in [7, 11) is -0.892. The van der Waals surface area contributed by atoms with Crippen molar-refractivity contribution in [2.75, 3.05) is 0 Å². The first-order valence-corrected chi connectivity index (χ1v) is 16.6. The normalized spacial score (nSPS) is 9.57. The molecule has 0 bridgehead atoms. The van der Waals surface area contributed by atoms with Crippen LogP contribution in [0.2, 0.25) is 0 Å². The van der Waals surface area contributed by atoms with Crippen molar-refractivity contribution in [1.82, 2.24) is 0 Å². The van der Waals surface area contributed by atoms with Gasteiger partial charge in [0, 0.05) is 0 Å². The Morgan fingerprint density at radius 3 is 0.511 bits per heavy atom. The van der Waals surface area contributed by atoms with Gasteiger partial charge >= 0.3 is 17.1 Å². The van der Waals surface area contributed by atoms with Crippen LogP contribution >= 0.6 is 15.8 Å². The van der Waals surface area contributed by atoms with Crippen LogP contribution in [0.4, 0.5) is 0 Å². The van der Waals surface area contributed by atoms with Gasteiger partial charge in [-0.1, -0.05) is 182 Å². The van der Waals surface area contributed by atoms with Crippen LogP contribution in [0.5, 0.6) is 0 Å². The first-order valence-electron chi connectivity index (χ1n) is 13.9. The molecule has 0 saturated carbocycles. The van der Waals surface area contributed by atoms with Crippen molar-refractivity contribution in [3.8, 4) is 0 Å². The molecule has 0 aliphatic rings. The van der Waals surface area contributed by atoms with Crippen molar-refractivity contribution in [2.24, 2.45) is 0 Å². The predicted octanol–water partition coefficient (Wildman–Crippen LogP) is 6.41. The van der Waals surface area contributed by atoms with E-state index in [0.29, 0.717) is 0 Å². The molecular weight excluding hydrogens is 682 g/mol. The molecule has 0 fully saturated rings. The van der Waals surface area contributed by atoms with E-state index in [4.69, 9.17) is 30.6 Å². The van der Waals surface area contributed by atoms with E-state index >= 15 is 0 Å². The Hall–Kier alpha value is -4.90. The van der Waals surface area contributed by atoms with Crippen LogP contribution in [-0.2, 0) is 17.1 Å². The second-order valence-electron chi connectivity index (χ2n) is 9.13. The van der Waals surface area contributed by atoms with Gasteiger partial charge in [-0.2, -0.15) is 0 Å². The van der Waals surface area contributed by atoms with Gasteiger partial charge < -0.3 is 30.6 Å². The molecule has 0 unspecified atom stereocenters. The van der Waals surface area contributed by atoms with E-state index in [1.165, 1.54) is 31.8 Å². The fraction of sp³-hybridized carbons (Fsp3) is 0. The van der Waals surface area contributed by atoms with Gasteiger partial charge in [-0.15, -0.1) is 0 Å². The van der Waals surface area contributed by atoms with E-state index in [2.05, 4.69) is 182 Å². The molecule has 241 valence electrons. The maximum Gasteiger partial charge on any atom is 2.00 e. The van der Waals surface area contributed by atoms with E-state index in [1.807, 2.05) is 0 Å². The topological polar surface area (TPSA) is 132 Å². The molecule has 0 aliphatic heterocycles. The Kier molecular flexibility index (Phi) is 17.7. The van der Waals surface area contributed by atoms with Gasteiger partial charge in [-0.05, 0) is 47.7 Å². The maximum atomic E-state index is 8.25. The number of nitrogens with zero attached hydrogens (tertiary/aromatic N) is 2. The average molecular weight is 712 g/mol. The molecule has 0 aromatic heterocycles. The second-order valence-corrected chi connectivity index (χ2v) is 13.6. The molecule has 6 rings (SSSR count). The summed E-state index contributed by atoms with van der Waals surface area (Å²) in [6.45, 7) is 0. The molecule has 0 heterocycles. The first-order chi connectivity index (χ1) is 22.4. The quantitative estimate of drug-likeness (QED) is 0.0849. The molecule has 0 N–H and O–H groups in total. The molecule has 1 radical (unpaired) electrons. The summed E-state index contributed by atoms with van der Waals surface area (Å²) in [5.41, 5.74) is 0. The maximum absolute atomic E-state index is 8.25. The van der Waals surface area contributed by atoms with Gasteiger partial charge in [0.25, 0.3) is 0 Å². The molecule has 0 aliphatic carbocycles. The zero-order valence-electron chi connectivity index (χ0n) is 24.9. The molecule has 11 heteroatoms. The minimum Gasteiger partial charge on any atom is -0.356 e. The molecule has 0 saturated heterocycles. The average Bonchev–Trinajstić information content (AvgIpc) is 3.08. The van der Waals surface area contributed by atoms with Gasteiger partial charge in [0.1, 0.15) is 0 Å². The third kappa shape index (κ3) is 14.0. The third-order valence-corrected chi connectivity index (χ3v) is 11.0. The number of rotatable bonds is 6. The van der Waals surface area contributed by atoms with Crippen molar-refractivity contribution in [3.63, 3.8) is 0 Å².